The molecular formula is C12H9N3O7S. The number of hydrogen-bond donors (Lipinski definition) is 1. The van der Waals surface area contributed by atoms with Crippen molar-refractivity contribution in [1.29, 1.82) is 0 Å². The number of benzene rings is 2. The van der Waals surface area contributed by atoms with Crippen LogP contribution < -0.4 is 9.32 Å². The summed E-state index contributed by atoms with van der Waals surface area (Å²) in [6, 6.07) is 8.48. The zero-order chi connectivity index (χ0) is 17.2. The maximum absolute atomic E-state index is 11.1. The summed E-state index contributed by atoms with van der Waals surface area (Å²) in [6.07, 6.45) is 0. The molecule has 2 N–H and O–H groups in total. The summed E-state index contributed by atoms with van der Waals surface area (Å²) < 4.78 is 26.1. The summed E-state index contributed by atoms with van der Waals surface area (Å²) in [7, 11) is -4.17. The molecule has 0 fully saturated rings. The monoisotopic (exact) mass is 339 g/mol. The molecule has 0 saturated heterocycles. The zero-order valence-corrected chi connectivity index (χ0v) is 12.1. The van der Waals surface area contributed by atoms with Crippen LogP contribution in [-0.4, -0.2) is 18.3 Å². The van der Waals surface area contributed by atoms with Gasteiger partial charge in [-0.05, 0) is 23.8 Å². The molecule has 2 aromatic rings. The number of rotatable bonds is 5. The molecule has 0 unspecified atom stereocenters. The van der Waals surface area contributed by atoms with Crippen LogP contribution in [0.5, 0.6) is 5.75 Å². The lowest BCUT2D eigenvalue weighted by Gasteiger charge is -2.05. The highest BCUT2D eigenvalue weighted by atomic mass is 32.2. The van der Waals surface area contributed by atoms with Crippen molar-refractivity contribution in [3.8, 4) is 16.9 Å². The van der Waals surface area contributed by atoms with Crippen molar-refractivity contribution < 1.29 is 22.4 Å². The third-order valence-electron chi connectivity index (χ3n) is 2.77. The lowest BCUT2D eigenvalue weighted by Crippen LogP contribution is -2.18. The maximum atomic E-state index is 11.1. The van der Waals surface area contributed by atoms with Crippen LogP contribution in [0.15, 0.2) is 42.5 Å². The molecule has 0 atom stereocenters. The van der Waals surface area contributed by atoms with E-state index in [1.165, 1.54) is 30.3 Å². The first-order valence-electron chi connectivity index (χ1n) is 5.93. The quantitative estimate of drug-likeness (QED) is 0.642. The molecule has 11 heteroatoms. The molecule has 23 heavy (non-hydrogen) atoms. The van der Waals surface area contributed by atoms with Crippen molar-refractivity contribution in [2.45, 2.75) is 0 Å². The molecule has 0 bridgehead atoms. The molecule has 0 saturated carbocycles. The van der Waals surface area contributed by atoms with Crippen LogP contribution >= 0.6 is 0 Å². The van der Waals surface area contributed by atoms with Gasteiger partial charge in [0.1, 0.15) is 5.75 Å². The predicted octanol–water partition coefficient (Wildman–Crippen LogP) is 1.75. The Kier molecular flexibility index (Phi) is 4.24. The second-order valence-corrected chi connectivity index (χ2v) is 5.47. The van der Waals surface area contributed by atoms with Crippen LogP contribution in [0.2, 0.25) is 0 Å². The minimum absolute atomic E-state index is 0.0687. The fraction of sp³-hybridized carbons (Fsp3) is 0. The fourth-order valence-electron chi connectivity index (χ4n) is 1.85. The molecule has 0 amide bonds. The molecule has 2 aromatic carbocycles. The molecule has 0 spiro atoms. The van der Waals surface area contributed by atoms with E-state index in [9.17, 15) is 28.6 Å². The lowest BCUT2D eigenvalue weighted by atomic mass is 10.0. The van der Waals surface area contributed by atoms with Crippen LogP contribution in [0.4, 0.5) is 11.4 Å². The van der Waals surface area contributed by atoms with E-state index in [2.05, 4.69) is 4.18 Å². The average Bonchev–Trinajstić information content (AvgIpc) is 2.45. The van der Waals surface area contributed by atoms with E-state index in [1.54, 1.807) is 0 Å². The number of hydrogen-bond acceptors (Lipinski definition) is 7. The molecule has 0 heterocycles. The number of nitro groups is 2. The second-order valence-electron chi connectivity index (χ2n) is 4.32. The molecule has 0 aliphatic rings. The summed E-state index contributed by atoms with van der Waals surface area (Å²) in [6.45, 7) is 0. The Bertz CT molecular complexity index is 878. The molecule has 0 radical (unpaired) electrons. The van der Waals surface area contributed by atoms with Crippen LogP contribution in [0, 0.1) is 20.2 Å². The average molecular weight is 339 g/mol. The summed E-state index contributed by atoms with van der Waals surface area (Å²) in [5, 5.41) is 26.5. The number of non-ortho nitro benzene ring substituents is 1. The van der Waals surface area contributed by atoms with E-state index in [0.29, 0.717) is 5.56 Å². The smallest absolute Gasteiger partial charge is 0.371 e. The Morgan fingerprint density at radius 3 is 2.04 bits per heavy atom. The second kappa shape index (κ2) is 5.98. The third-order valence-corrected chi connectivity index (χ3v) is 3.19. The summed E-state index contributed by atoms with van der Waals surface area (Å²) >= 11 is 0. The van der Waals surface area contributed by atoms with Gasteiger partial charge < -0.3 is 4.18 Å². The molecule has 0 aromatic heterocycles. The van der Waals surface area contributed by atoms with Crippen LogP contribution in [0.25, 0.3) is 11.1 Å². The van der Waals surface area contributed by atoms with E-state index in [-0.39, 0.29) is 11.3 Å². The van der Waals surface area contributed by atoms with E-state index in [0.717, 1.165) is 12.1 Å². The Hall–Kier alpha value is -3.05. The molecule has 0 aliphatic heterocycles. The Balaban J connectivity index is 2.45. The topological polar surface area (TPSA) is 156 Å². The Morgan fingerprint density at radius 1 is 0.957 bits per heavy atom. The fourth-order valence-corrected chi connectivity index (χ4v) is 2.23. The summed E-state index contributed by atoms with van der Waals surface area (Å²) in [5.41, 5.74) is -0.356. The molecule has 2 rings (SSSR count). The van der Waals surface area contributed by atoms with E-state index in [1.807, 2.05) is 0 Å². The van der Waals surface area contributed by atoms with Gasteiger partial charge in [-0.1, -0.05) is 12.1 Å². The first-order valence-corrected chi connectivity index (χ1v) is 7.40. The van der Waals surface area contributed by atoms with Crippen molar-refractivity contribution in [2.75, 3.05) is 0 Å². The van der Waals surface area contributed by atoms with Crippen LogP contribution in [0.3, 0.4) is 0 Å². The van der Waals surface area contributed by atoms with Crippen LogP contribution in [-0.2, 0) is 10.3 Å². The van der Waals surface area contributed by atoms with Gasteiger partial charge in [-0.15, -0.1) is 0 Å². The van der Waals surface area contributed by atoms with Gasteiger partial charge in [-0.2, -0.15) is 13.6 Å². The molecule has 120 valence electrons. The van der Waals surface area contributed by atoms with Gasteiger partial charge in [0.25, 0.3) is 11.4 Å². The number of nitrogens with two attached hydrogens (primary N) is 1. The van der Waals surface area contributed by atoms with Crippen molar-refractivity contribution in [3.63, 3.8) is 0 Å². The van der Waals surface area contributed by atoms with Crippen molar-refractivity contribution in [1.82, 2.24) is 0 Å². The van der Waals surface area contributed by atoms with E-state index < -0.39 is 31.5 Å². The highest BCUT2D eigenvalue weighted by Gasteiger charge is 2.20. The molecule has 0 aliphatic carbocycles. The molecular weight excluding hydrogens is 330 g/mol. The van der Waals surface area contributed by atoms with Crippen molar-refractivity contribution in [2.24, 2.45) is 5.14 Å². The normalized spacial score (nSPS) is 11.0. The van der Waals surface area contributed by atoms with Crippen molar-refractivity contribution in [3.05, 3.63) is 62.7 Å². The highest BCUT2D eigenvalue weighted by molar-refractivity contribution is 7.84. The minimum Gasteiger partial charge on any atom is -0.371 e. The Labute approximate surface area is 129 Å². The molecule has 10 nitrogen and oxygen atoms in total. The van der Waals surface area contributed by atoms with Gasteiger partial charge in [-0.3, -0.25) is 20.2 Å². The minimum atomic E-state index is -4.17. The first kappa shape index (κ1) is 16.3. The van der Waals surface area contributed by atoms with Gasteiger partial charge in [-0.25, -0.2) is 0 Å². The zero-order valence-electron chi connectivity index (χ0n) is 11.3. The number of nitro benzene ring substituents is 2. The lowest BCUT2D eigenvalue weighted by molar-refractivity contribution is -0.393. The van der Waals surface area contributed by atoms with Crippen LogP contribution in [0.1, 0.15) is 0 Å². The predicted molar refractivity (Wildman–Crippen MR) is 78.9 cm³/mol. The summed E-state index contributed by atoms with van der Waals surface area (Å²) in [4.78, 5) is 20.3. The SMILES string of the molecule is NS(=O)(=O)Oc1ccc(-c2ccc([N+](=O)[O-])cc2[N+](=O)[O-])cc1. The first-order chi connectivity index (χ1) is 10.7. The summed E-state index contributed by atoms with van der Waals surface area (Å²) in [5.74, 6) is -0.0687. The van der Waals surface area contributed by atoms with Gasteiger partial charge >= 0.3 is 10.3 Å². The van der Waals surface area contributed by atoms with Crippen molar-refractivity contribution >= 4 is 21.7 Å². The van der Waals surface area contributed by atoms with Gasteiger partial charge in [0.2, 0.25) is 0 Å². The Morgan fingerprint density at radius 2 is 1.57 bits per heavy atom. The largest absolute Gasteiger partial charge is 0.380 e. The highest BCUT2D eigenvalue weighted by Crippen LogP contribution is 2.33. The van der Waals surface area contributed by atoms with E-state index in [4.69, 9.17) is 5.14 Å². The third kappa shape index (κ3) is 3.99. The van der Waals surface area contributed by atoms with Gasteiger partial charge in [0.15, 0.2) is 0 Å². The number of nitrogens with zero attached hydrogens (tertiary/aromatic N) is 2. The standard InChI is InChI=1S/C12H9N3O7S/c13-23(20,21)22-10-4-1-8(2-5-10)11-6-3-9(14(16)17)7-12(11)15(18)19/h1-7H,(H2,13,20,21). The maximum Gasteiger partial charge on any atom is 0.380 e. The van der Waals surface area contributed by atoms with E-state index >= 15 is 0 Å². The van der Waals surface area contributed by atoms with Gasteiger partial charge in [0.05, 0.1) is 21.5 Å². The van der Waals surface area contributed by atoms with Gasteiger partial charge in [0, 0.05) is 6.07 Å².